The summed E-state index contributed by atoms with van der Waals surface area (Å²) in [4.78, 5) is 12.5. The highest BCUT2D eigenvalue weighted by Crippen LogP contribution is 2.24. The van der Waals surface area contributed by atoms with Crippen molar-refractivity contribution in [2.24, 2.45) is 0 Å². The molecule has 1 aromatic rings. The number of hydrogen-bond acceptors (Lipinski definition) is 4. The standard InChI is InChI=1S/C16H23N3O3S/c1-12-15(7-3-8-17-12)18-16(20)13-5-2-6-14(11-13)19-9-4-10-23(19,21)22/h2,5-6,11-12,15,17H,3-4,7-10H2,1H3,(H,18,20). The van der Waals surface area contributed by atoms with Crippen molar-refractivity contribution in [2.75, 3.05) is 23.1 Å². The summed E-state index contributed by atoms with van der Waals surface area (Å²) in [6, 6.07) is 7.22. The highest BCUT2D eigenvalue weighted by atomic mass is 32.2. The zero-order valence-corrected chi connectivity index (χ0v) is 14.1. The van der Waals surface area contributed by atoms with E-state index in [9.17, 15) is 13.2 Å². The number of anilines is 1. The highest BCUT2D eigenvalue weighted by molar-refractivity contribution is 7.93. The first-order valence-electron chi connectivity index (χ1n) is 8.12. The van der Waals surface area contributed by atoms with Crippen LogP contribution in [0.4, 0.5) is 5.69 Å². The number of carbonyl (C=O) groups excluding carboxylic acids is 1. The molecule has 0 radical (unpaired) electrons. The van der Waals surface area contributed by atoms with Crippen LogP contribution in [-0.2, 0) is 10.0 Å². The number of sulfonamides is 1. The van der Waals surface area contributed by atoms with E-state index in [1.165, 1.54) is 4.31 Å². The van der Waals surface area contributed by atoms with Crippen molar-refractivity contribution >= 4 is 21.6 Å². The number of nitrogens with zero attached hydrogens (tertiary/aromatic N) is 1. The Morgan fingerprint density at radius 2 is 2.17 bits per heavy atom. The van der Waals surface area contributed by atoms with Gasteiger partial charge in [-0.2, -0.15) is 0 Å². The van der Waals surface area contributed by atoms with E-state index < -0.39 is 10.0 Å². The normalized spacial score (nSPS) is 26.9. The number of piperidine rings is 1. The highest BCUT2D eigenvalue weighted by Gasteiger charge is 2.29. The summed E-state index contributed by atoms with van der Waals surface area (Å²) < 4.78 is 25.4. The SMILES string of the molecule is CC1NCCCC1NC(=O)c1cccc(N2CCCS2(=O)=O)c1. The van der Waals surface area contributed by atoms with Gasteiger partial charge < -0.3 is 10.6 Å². The van der Waals surface area contributed by atoms with Gasteiger partial charge in [0.15, 0.2) is 0 Å². The molecular formula is C16H23N3O3S. The molecule has 0 aromatic heterocycles. The molecule has 2 saturated heterocycles. The summed E-state index contributed by atoms with van der Waals surface area (Å²) in [5.41, 5.74) is 1.08. The van der Waals surface area contributed by atoms with Crippen LogP contribution in [0.15, 0.2) is 24.3 Å². The minimum absolute atomic E-state index is 0.107. The number of amides is 1. The van der Waals surface area contributed by atoms with Gasteiger partial charge in [-0.05, 0) is 50.9 Å². The molecule has 6 nitrogen and oxygen atoms in total. The molecule has 3 rings (SSSR count). The van der Waals surface area contributed by atoms with E-state index in [2.05, 4.69) is 17.6 Å². The smallest absolute Gasteiger partial charge is 0.251 e. The molecule has 2 heterocycles. The molecular weight excluding hydrogens is 314 g/mol. The van der Waals surface area contributed by atoms with Crippen molar-refractivity contribution in [2.45, 2.75) is 38.3 Å². The second-order valence-electron chi connectivity index (χ2n) is 6.26. The molecule has 7 heteroatoms. The van der Waals surface area contributed by atoms with Crippen LogP contribution >= 0.6 is 0 Å². The largest absolute Gasteiger partial charge is 0.348 e. The molecule has 1 amide bonds. The van der Waals surface area contributed by atoms with Crippen LogP contribution in [0.3, 0.4) is 0 Å². The van der Waals surface area contributed by atoms with Crippen LogP contribution in [0.5, 0.6) is 0 Å². The maximum Gasteiger partial charge on any atom is 0.251 e. The molecule has 23 heavy (non-hydrogen) atoms. The molecule has 2 aliphatic heterocycles. The summed E-state index contributed by atoms with van der Waals surface area (Å²) in [6.45, 7) is 3.53. The van der Waals surface area contributed by atoms with Crippen molar-refractivity contribution in [3.8, 4) is 0 Å². The molecule has 0 aliphatic carbocycles. The van der Waals surface area contributed by atoms with E-state index >= 15 is 0 Å². The fourth-order valence-corrected chi connectivity index (χ4v) is 4.78. The van der Waals surface area contributed by atoms with Gasteiger partial charge in [0.05, 0.1) is 11.4 Å². The molecule has 2 unspecified atom stereocenters. The van der Waals surface area contributed by atoms with E-state index in [1.807, 2.05) is 0 Å². The zero-order valence-electron chi connectivity index (χ0n) is 13.3. The molecule has 0 spiro atoms. The summed E-state index contributed by atoms with van der Waals surface area (Å²) in [5, 5.41) is 6.41. The van der Waals surface area contributed by atoms with Crippen molar-refractivity contribution in [3.63, 3.8) is 0 Å². The van der Waals surface area contributed by atoms with Crippen LogP contribution < -0.4 is 14.9 Å². The van der Waals surface area contributed by atoms with Crippen LogP contribution in [-0.4, -0.2) is 45.3 Å². The topological polar surface area (TPSA) is 78.5 Å². The number of hydrogen-bond donors (Lipinski definition) is 2. The molecule has 0 saturated carbocycles. The van der Waals surface area contributed by atoms with Crippen molar-refractivity contribution in [1.82, 2.24) is 10.6 Å². The van der Waals surface area contributed by atoms with E-state index in [0.717, 1.165) is 19.4 Å². The minimum atomic E-state index is -3.23. The predicted octanol–water partition coefficient (Wildman–Crippen LogP) is 1.10. The van der Waals surface area contributed by atoms with Gasteiger partial charge in [-0.25, -0.2) is 8.42 Å². The van der Waals surface area contributed by atoms with Gasteiger partial charge >= 0.3 is 0 Å². The fraction of sp³-hybridized carbons (Fsp3) is 0.562. The van der Waals surface area contributed by atoms with Gasteiger partial charge in [-0.15, -0.1) is 0 Å². The van der Waals surface area contributed by atoms with E-state index in [1.54, 1.807) is 24.3 Å². The summed E-state index contributed by atoms with van der Waals surface area (Å²) in [5.74, 6) is 0.0262. The third kappa shape index (κ3) is 3.50. The van der Waals surface area contributed by atoms with Gasteiger partial charge in [-0.1, -0.05) is 6.07 Å². The Bertz CT molecular complexity index is 690. The maximum atomic E-state index is 12.5. The summed E-state index contributed by atoms with van der Waals surface area (Å²) in [6.07, 6.45) is 2.63. The molecule has 2 aliphatic rings. The number of carbonyl (C=O) groups is 1. The first kappa shape index (κ1) is 16.3. The van der Waals surface area contributed by atoms with Crippen LogP contribution in [0.1, 0.15) is 36.5 Å². The second-order valence-corrected chi connectivity index (χ2v) is 8.27. The second kappa shape index (κ2) is 6.49. The summed E-state index contributed by atoms with van der Waals surface area (Å²) >= 11 is 0. The third-order valence-electron chi connectivity index (χ3n) is 4.57. The van der Waals surface area contributed by atoms with E-state index in [0.29, 0.717) is 24.2 Å². The molecule has 126 valence electrons. The lowest BCUT2D eigenvalue weighted by Gasteiger charge is -2.30. The van der Waals surface area contributed by atoms with Gasteiger partial charge in [0.2, 0.25) is 10.0 Å². The Hall–Kier alpha value is -1.60. The van der Waals surface area contributed by atoms with E-state index in [4.69, 9.17) is 0 Å². The van der Waals surface area contributed by atoms with Crippen molar-refractivity contribution < 1.29 is 13.2 Å². The van der Waals surface area contributed by atoms with Gasteiger partial charge in [0, 0.05) is 24.2 Å². The molecule has 1 aromatic carbocycles. The molecule has 2 fully saturated rings. The fourth-order valence-electron chi connectivity index (χ4n) is 3.22. The number of benzene rings is 1. The Morgan fingerprint density at radius 3 is 2.87 bits per heavy atom. The van der Waals surface area contributed by atoms with Gasteiger partial charge in [0.25, 0.3) is 5.91 Å². The third-order valence-corrected chi connectivity index (χ3v) is 6.44. The van der Waals surface area contributed by atoms with E-state index in [-0.39, 0.29) is 23.7 Å². The lowest BCUT2D eigenvalue weighted by Crippen LogP contribution is -2.51. The number of nitrogens with one attached hydrogen (secondary N) is 2. The molecule has 0 bridgehead atoms. The molecule has 2 atom stereocenters. The summed E-state index contributed by atoms with van der Waals surface area (Å²) in [7, 11) is -3.23. The Labute approximate surface area is 137 Å². The average molecular weight is 337 g/mol. The zero-order chi connectivity index (χ0) is 16.4. The van der Waals surface area contributed by atoms with Crippen molar-refractivity contribution in [3.05, 3.63) is 29.8 Å². The maximum absolute atomic E-state index is 12.5. The van der Waals surface area contributed by atoms with Crippen LogP contribution in [0.2, 0.25) is 0 Å². The monoisotopic (exact) mass is 337 g/mol. The van der Waals surface area contributed by atoms with Gasteiger partial charge in [-0.3, -0.25) is 9.10 Å². The lowest BCUT2D eigenvalue weighted by molar-refractivity contribution is 0.0920. The molecule has 2 N–H and O–H groups in total. The first-order chi connectivity index (χ1) is 11.0. The quantitative estimate of drug-likeness (QED) is 0.866. The minimum Gasteiger partial charge on any atom is -0.348 e. The lowest BCUT2D eigenvalue weighted by atomic mass is 9.99. The van der Waals surface area contributed by atoms with Crippen LogP contribution in [0, 0.1) is 0 Å². The predicted molar refractivity (Wildman–Crippen MR) is 90.1 cm³/mol. The Kier molecular flexibility index (Phi) is 4.59. The Morgan fingerprint density at radius 1 is 1.35 bits per heavy atom. The average Bonchev–Trinajstić information content (AvgIpc) is 2.89. The van der Waals surface area contributed by atoms with Gasteiger partial charge in [0.1, 0.15) is 0 Å². The van der Waals surface area contributed by atoms with Crippen molar-refractivity contribution in [1.29, 1.82) is 0 Å². The number of rotatable bonds is 3. The Balaban J connectivity index is 1.75. The first-order valence-corrected chi connectivity index (χ1v) is 9.73. The van der Waals surface area contributed by atoms with Crippen LogP contribution in [0.25, 0.3) is 0 Å².